The lowest BCUT2D eigenvalue weighted by atomic mass is 9.83. The van der Waals surface area contributed by atoms with Crippen LogP contribution in [0.1, 0.15) is 40.5 Å². The maximum atomic E-state index is 5.74. The predicted molar refractivity (Wildman–Crippen MR) is 67.3 cm³/mol. The minimum Gasteiger partial charge on any atom is -0.299 e. The maximum absolute atomic E-state index is 5.74. The van der Waals surface area contributed by atoms with Crippen LogP contribution in [0.3, 0.4) is 0 Å². The Labute approximate surface area is 105 Å². The molecule has 1 atom stereocenters. The topological polar surface area (TPSA) is 24.9 Å². The molecular weight excluding hydrogens is 216 g/mol. The molecule has 100 valence electrons. The van der Waals surface area contributed by atoms with Crippen LogP contribution < -0.4 is 0 Å². The average Bonchev–Trinajstić information content (AvgIpc) is 2.83. The van der Waals surface area contributed by atoms with Crippen LogP contribution in [-0.2, 0) is 9.68 Å². The van der Waals surface area contributed by atoms with Crippen LogP contribution in [0.5, 0.6) is 0 Å². The third-order valence-corrected chi connectivity index (χ3v) is 4.09. The minimum atomic E-state index is 0.105. The van der Waals surface area contributed by atoms with E-state index in [4.69, 9.17) is 9.68 Å². The summed E-state index contributed by atoms with van der Waals surface area (Å²) in [6.45, 7) is 12.7. The van der Waals surface area contributed by atoms with E-state index in [0.29, 0.717) is 12.0 Å². The molecule has 0 amide bonds. The summed E-state index contributed by atoms with van der Waals surface area (Å²) in [5.41, 5.74) is 0.105. The smallest absolute Gasteiger partial charge is 0.0698 e. The summed E-state index contributed by atoms with van der Waals surface area (Å²) in [6.07, 6.45) is 2.27. The fourth-order valence-corrected chi connectivity index (χ4v) is 2.72. The number of hydroxylamine groups is 4. The number of nitrogens with zero attached hydrogens (tertiary/aromatic N) is 2. The zero-order chi connectivity index (χ0) is 12.5. The molecule has 0 saturated carbocycles. The molecular formula is C13H26N2O2. The summed E-state index contributed by atoms with van der Waals surface area (Å²) in [5, 5.41) is 4.30. The molecule has 4 nitrogen and oxygen atoms in total. The molecule has 0 aromatic rings. The second-order valence-electron chi connectivity index (χ2n) is 5.95. The molecule has 4 heteroatoms. The number of hydrogen-bond acceptors (Lipinski definition) is 4. The third kappa shape index (κ3) is 2.81. The van der Waals surface area contributed by atoms with Gasteiger partial charge in [-0.25, -0.2) is 0 Å². The van der Waals surface area contributed by atoms with Gasteiger partial charge in [0, 0.05) is 24.7 Å². The van der Waals surface area contributed by atoms with Crippen LogP contribution in [0, 0.1) is 5.92 Å². The molecule has 2 heterocycles. The van der Waals surface area contributed by atoms with Gasteiger partial charge in [0.25, 0.3) is 0 Å². The molecule has 2 rings (SSSR count). The molecule has 2 saturated heterocycles. The summed E-state index contributed by atoms with van der Waals surface area (Å²) < 4.78 is 0. The van der Waals surface area contributed by atoms with Crippen LogP contribution >= 0.6 is 0 Å². The fourth-order valence-electron chi connectivity index (χ4n) is 2.72. The van der Waals surface area contributed by atoms with Crippen molar-refractivity contribution in [2.24, 2.45) is 5.92 Å². The van der Waals surface area contributed by atoms with Crippen LogP contribution in [0.2, 0.25) is 0 Å². The Hall–Kier alpha value is -0.160. The Balaban J connectivity index is 1.99. The monoisotopic (exact) mass is 242 g/mol. The van der Waals surface area contributed by atoms with Crippen molar-refractivity contribution in [2.45, 2.75) is 52.1 Å². The molecule has 0 radical (unpaired) electrons. The lowest BCUT2D eigenvalue weighted by Gasteiger charge is -2.45. The first-order chi connectivity index (χ1) is 8.01. The van der Waals surface area contributed by atoms with E-state index in [1.807, 2.05) is 0 Å². The first-order valence-electron chi connectivity index (χ1n) is 6.82. The van der Waals surface area contributed by atoms with Gasteiger partial charge in [0.05, 0.1) is 13.2 Å². The summed E-state index contributed by atoms with van der Waals surface area (Å²) >= 11 is 0. The van der Waals surface area contributed by atoms with Crippen molar-refractivity contribution >= 4 is 0 Å². The predicted octanol–water partition coefficient (Wildman–Crippen LogP) is 2.06. The number of rotatable bonds is 3. The van der Waals surface area contributed by atoms with E-state index in [-0.39, 0.29) is 5.54 Å². The highest BCUT2D eigenvalue weighted by atomic mass is 16.7. The molecule has 17 heavy (non-hydrogen) atoms. The van der Waals surface area contributed by atoms with Crippen molar-refractivity contribution in [3.05, 3.63) is 0 Å². The van der Waals surface area contributed by atoms with E-state index in [2.05, 4.69) is 37.8 Å². The van der Waals surface area contributed by atoms with Gasteiger partial charge in [0.15, 0.2) is 0 Å². The molecule has 0 bridgehead atoms. The fraction of sp³-hybridized carbons (Fsp3) is 1.00. The van der Waals surface area contributed by atoms with E-state index in [1.54, 1.807) is 0 Å². The Morgan fingerprint density at radius 3 is 2.53 bits per heavy atom. The quantitative estimate of drug-likeness (QED) is 0.756. The van der Waals surface area contributed by atoms with Crippen molar-refractivity contribution < 1.29 is 9.68 Å². The zero-order valence-corrected chi connectivity index (χ0v) is 11.6. The zero-order valence-electron chi connectivity index (χ0n) is 11.6. The molecule has 0 spiro atoms. The molecule has 2 fully saturated rings. The average molecular weight is 242 g/mol. The Morgan fingerprint density at radius 2 is 1.94 bits per heavy atom. The summed E-state index contributed by atoms with van der Waals surface area (Å²) in [6, 6.07) is 0.452. The van der Waals surface area contributed by atoms with Gasteiger partial charge >= 0.3 is 0 Å². The largest absolute Gasteiger partial charge is 0.299 e. The van der Waals surface area contributed by atoms with Gasteiger partial charge in [0.1, 0.15) is 0 Å². The van der Waals surface area contributed by atoms with Gasteiger partial charge in [-0.15, -0.1) is 0 Å². The number of hydrogen-bond donors (Lipinski definition) is 0. The van der Waals surface area contributed by atoms with E-state index in [0.717, 1.165) is 39.1 Å². The van der Waals surface area contributed by atoms with Crippen molar-refractivity contribution in [1.82, 2.24) is 10.1 Å². The normalized spacial score (nSPS) is 29.1. The van der Waals surface area contributed by atoms with Crippen molar-refractivity contribution in [3.8, 4) is 0 Å². The standard InChI is InChI=1S/C13H26N2O2/c1-11(2)14-10-12(6-9-16-14)13(3,4)15-7-5-8-17-15/h11-12H,5-10H2,1-4H3. The highest BCUT2D eigenvalue weighted by molar-refractivity contribution is 4.89. The van der Waals surface area contributed by atoms with Crippen molar-refractivity contribution in [2.75, 3.05) is 26.3 Å². The lowest BCUT2D eigenvalue weighted by molar-refractivity contribution is -0.249. The van der Waals surface area contributed by atoms with E-state index in [9.17, 15) is 0 Å². The van der Waals surface area contributed by atoms with Gasteiger partial charge in [-0.05, 0) is 46.5 Å². The molecule has 0 aromatic heterocycles. The second kappa shape index (κ2) is 5.22. The van der Waals surface area contributed by atoms with Gasteiger partial charge < -0.3 is 0 Å². The minimum absolute atomic E-state index is 0.105. The highest BCUT2D eigenvalue weighted by Gasteiger charge is 2.40. The maximum Gasteiger partial charge on any atom is 0.0698 e. The Bertz CT molecular complexity index is 250. The van der Waals surface area contributed by atoms with Crippen LogP contribution in [0.15, 0.2) is 0 Å². The van der Waals surface area contributed by atoms with Gasteiger partial charge in [0.2, 0.25) is 0 Å². The first kappa shape index (κ1) is 13.3. The van der Waals surface area contributed by atoms with Gasteiger partial charge in [-0.1, -0.05) is 0 Å². The first-order valence-corrected chi connectivity index (χ1v) is 6.82. The van der Waals surface area contributed by atoms with E-state index >= 15 is 0 Å². The Kier molecular flexibility index (Phi) is 4.08. The van der Waals surface area contributed by atoms with Crippen LogP contribution in [-0.4, -0.2) is 48.0 Å². The molecule has 0 aliphatic carbocycles. The highest BCUT2D eigenvalue weighted by Crippen LogP contribution is 2.33. The van der Waals surface area contributed by atoms with Crippen molar-refractivity contribution in [3.63, 3.8) is 0 Å². The van der Waals surface area contributed by atoms with Crippen LogP contribution in [0.4, 0.5) is 0 Å². The molecule has 1 unspecified atom stereocenters. The van der Waals surface area contributed by atoms with Gasteiger partial charge in [-0.2, -0.15) is 10.1 Å². The van der Waals surface area contributed by atoms with Gasteiger partial charge in [-0.3, -0.25) is 9.68 Å². The third-order valence-electron chi connectivity index (χ3n) is 4.09. The van der Waals surface area contributed by atoms with E-state index < -0.39 is 0 Å². The molecule has 2 aliphatic heterocycles. The van der Waals surface area contributed by atoms with Crippen LogP contribution in [0.25, 0.3) is 0 Å². The lowest BCUT2D eigenvalue weighted by Crippen LogP contribution is -2.54. The second-order valence-corrected chi connectivity index (χ2v) is 5.95. The molecule has 0 N–H and O–H groups in total. The Morgan fingerprint density at radius 1 is 1.18 bits per heavy atom. The molecule has 0 aromatic carbocycles. The summed E-state index contributed by atoms with van der Waals surface area (Å²) in [5.74, 6) is 0.608. The molecule has 2 aliphatic rings. The summed E-state index contributed by atoms with van der Waals surface area (Å²) in [4.78, 5) is 11.4. The van der Waals surface area contributed by atoms with E-state index in [1.165, 1.54) is 0 Å². The SMILES string of the molecule is CC(C)N1CC(C(C)(C)N2CCCO2)CCO1. The summed E-state index contributed by atoms with van der Waals surface area (Å²) in [7, 11) is 0. The van der Waals surface area contributed by atoms with Crippen molar-refractivity contribution in [1.29, 1.82) is 0 Å².